The molecule has 0 fully saturated rings. The van der Waals surface area contributed by atoms with Crippen molar-refractivity contribution in [3.63, 3.8) is 0 Å². The molecule has 0 spiro atoms. The Morgan fingerprint density at radius 3 is 2.21 bits per heavy atom. The van der Waals surface area contributed by atoms with Gasteiger partial charge in [-0.15, -0.1) is 0 Å². The van der Waals surface area contributed by atoms with E-state index in [2.05, 4.69) is 51.2 Å². The van der Waals surface area contributed by atoms with E-state index in [4.69, 9.17) is 16.6 Å². The summed E-state index contributed by atoms with van der Waals surface area (Å²) in [6, 6.07) is 17.3. The van der Waals surface area contributed by atoms with Gasteiger partial charge in [0.05, 0.1) is 11.4 Å². The Balaban J connectivity index is 1.87. The molecular weight excluding hydrogens is 435 g/mol. The number of hydrogen-bond acceptors (Lipinski definition) is 2. The summed E-state index contributed by atoms with van der Waals surface area (Å²) in [6.07, 6.45) is 0.486. The van der Waals surface area contributed by atoms with Crippen molar-refractivity contribution in [2.24, 2.45) is 4.99 Å². The van der Waals surface area contributed by atoms with Crippen molar-refractivity contribution in [2.75, 3.05) is 5.32 Å². The Hall–Kier alpha value is -2.98. The average Bonchev–Trinajstić information content (AvgIpc) is 2.90. The summed E-state index contributed by atoms with van der Waals surface area (Å²) in [5, 5.41) is 3.59. The Kier molecular flexibility index (Phi) is 6.66. The van der Waals surface area contributed by atoms with Gasteiger partial charge in [-0.2, -0.15) is 0 Å². The molecule has 1 amide bonds. The molecule has 0 saturated heterocycles. The molecular formula is C28H28ClFN2O. The minimum absolute atomic E-state index is 0.163. The fourth-order valence-electron chi connectivity index (χ4n) is 4.43. The van der Waals surface area contributed by atoms with E-state index in [1.54, 1.807) is 30.3 Å². The fourth-order valence-corrected chi connectivity index (χ4v) is 4.60. The number of amides is 1. The number of benzodiazepines with no additional fused rings is 1. The molecule has 1 N–H and O–H groups in total. The topological polar surface area (TPSA) is 41.5 Å². The number of aliphatic imine (C=N–C) groups is 1. The minimum Gasteiger partial charge on any atom is -0.324 e. The molecule has 170 valence electrons. The smallest absolute Gasteiger partial charge is 0.249 e. The molecule has 3 aromatic carbocycles. The SMILES string of the molecule is CC(C)c1cccc(C(C)C)c1CC1N=C(c2ccc(F)cc2)c2cc(Cl)ccc2NC1=O. The Bertz CT molecular complexity index is 1190. The molecule has 1 heterocycles. The van der Waals surface area contributed by atoms with Gasteiger partial charge in [0.25, 0.3) is 0 Å². The molecule has 0 bridgehead atoms. The van der Waals surface area contributed by atoms with Crippen LogP contribution in [-0.2, 0) is 11.2 Å². The maximum Gasteiger partial charge on any atom is 0.249 e. The van der Waals surface area contributed by atoms with Gasteiger partial charge in [0.2, 0.25) is 5.91 Å². The van der Waals surface area contributed by atoms with Crippen molar-refractivity contribution >= 4 is 28.9 Å². The summed E-state index contributed by atoms with van der Waals surface area (Å²) in [7, 11) is 0. The number of nitrogens with one attached hydrogen (secondary N) is 1. The number of rotatable bonds is 5. The lowest BCUT2D eigenvalue weighted by molar-refractivity contribution is -0.117. The average molecular weight is 463 g/mol. The Morgan fingerprint density at radius 2 is 1.61 bits per heavy atom. The minimum atomic E-state index is -0.631. The zero-order chi connectivity index (χ0) is 23.7. The number of anilines is 1. The van der Waals surface area contributed by atoms with Crippen LogP contribution in [0.5, 0.6) is 0 Å². The van der Waals surface area contributed by atoms with Gasteiger partial charge in [0, 0.05) is 22.6 Å². The van der Waals surface area contributed by atoms with Crippen molar-refractivity contribution in [3.05, 3.63) is 99.3 Å². The van der Waals surface area contributed by atoms with Crippen LogP contribution < -0.4 is 5.32 Å². The van der Waals surface area contributed by atoms with Crippen molar-refractivity contribution in [1.29, 1.82) is 0 Å². The van der Waals surface area contributed by atoms with Crippen LogP contribution in [0.4, 0.5) is 10.1 Å². The predicted molar refractivity (Wildman–Crippen MR) is 134 cm³/mol. The molecule has 0 aliphatic carbocycles. The second kappa shape index (κ2) is 9.48. The van der Waals surface area contributed by atoms with Gasteiger partial charge in [0.1, 0.15) is 11.9 Å². The van der Waals surface area contributed by atoms with Crippen LogP contribution in [0.25, 0.3) is 0 Å². The van der Waals surface area contributed by atoms with E-state index in [0.29, 0.717) is 34.7 Å². The third kappa shape index (κ3) is 4.86. The third-order valence-electron chi connectivity index (χ3n) is 6.09. The van der Waals surface area contributed by atoms with Crippen molar-refractivity contribution in [3.8, 4) is 0 Å². The van der Waals surface area contributed by atoms with Crippen LogP contribution in [0.2, 0.25) is 5.02 Å². The highest BCUT2D eigenvalue weighted by Gasteiger charge is 2.28. The molecule has 0 radical (unpaired) electrons. The van der Waals surface area contributed by atoms with Crippen molar-refractivity contribution < 1.29 is 9.18 Å². The van der Waals surface area contributed by atoms with Gasteiger partial charge in [0.15, 0.2) is 0 Å². The monoisotopic (exact) mass is 462 g/mol. The molecule has 0 saturated carbocycles. The van der Waals surface area contributed by atoms with E-state index in [-0.39, 0.29) is 11.7 Å². The van der Waals surface area contributed by atoms with E-state index in [1.165, 1.54) is 28.8 Å². The fraction of sp³-hybridized carbons (Fsp3) is 0.286. The molecule has 5 heteroatoms. The molecule has 4 rings (SSSR count). The van der Waals surface area contributed by atoms with Crippen molar-refractivity contribution in [2.45, 2.75) is 52.0 Å². The van der Waals surface area contributed by atoms with Gasteiger partial charge in [-0.05, 0) is 71.0 Å². The first-order valence-corrected chi connectivity index (χ1v) is 11.7. The van der Waals surface area contributed by atoms with Crippen LogP contribution in [0.1, 0.15) is 67.3 Å². The molecule has 3 nitrogen and oxygen atoms in total. The quantitative estimate of drug-likeness (QED) is 0.430. The zero-order valence-electron chi connectivity index (χ0n) is 19.3. The number of nitrogens with zero attached hydrogens (tertiary/aromatic N) is 1. The summed E-state index contributed by atoms with van der Waals surface area (Å²) in [5.74, 6) is 0.162. The van der Waals surface area contributed by atoms with E-state index in [9.17, 15) is 9.18 Å². The Labute approximate surface area is 199 Å². The molecule has 1 atom stereocenters. The van der Waals surface area contributed by atoms with E-state index in [0.717, 1.165) is 11.1 Å². The summed E-state index contributed by atoms with van der Waals surface area (Å²) in [6.45, 7) is 8.67. The Morgan fingerprint density at radius 1 is 0.970 bits per heavy atom. The lowest BCUT2D eigenvalue weighted by Crippen LogP contribution is -2.28. The normalized spacial score (nSPS) is 15.8. The molecule has 3 aromatic rings. The van der Waals surface area contributed by atoms with Gasteiger partial charge in [-0.3, -0.25) is 9.79 Å². The standard InChI is InChI=1S/C28H28ClFN2O/c1-16(2)21-6-5-7-22(17(3)4)23(21)15-26-28(33)32-25-13-10-19(29)14-24(25)27(31-26)18-8-11-20(30)12-9-18/h5-14,16-17,26H,15H2,1-4H3,(H,32,33). The van der Waals surface area contributed by atoms with Crippen LogP contribution in [-0.4, -0.2) is 17.7 Å². The van der Waals surface area contributed by atoms with Crippen LogP contribution >= 0.6 is 11.6 Å². The molecule has 1 aliphatic rings. The number of carbonyl (C=O) groups is 1. The second-order valence-electron chi connectivity index (χ2n) is 9.11. The lowest BCUT2D eigenvalue weighted by atomic mass is 9.85. The van der Waals surface area contributed by atoms with Crippen molar-refractivity contribution in [1.82, 2.24) is 0 Å². The molecule has 0 aromatic heterocycles. The van der Waals surface area contributed by atoms with Gasteiger partial charge >= 0.3 is 0 Å². The highest BCUT2D eigenvalue weighted by atomic mass is 35.5. The largest absolute Gasteiger partial charge is 0.324 e. The third-order valence-corrected chi connectivity index (χ3v) is 6.32. The first-order chi connectivity index (χ1) is 15.7. The first kappa shape index (κ1) is 23.2. The summed E-state index contributed by atoms with van der Waals surface area (Å²) in [5.41, 5.74) is 6.39. The zero-order valence-corrected chi connectivity index (χ0v) is 20.1. The van der Waals surface area contributed by atoms with Gasteiger partial charge in [-0.25, -0.2) is 4.39 Å². The summed E-state index contributed by atoms with van der Waals surface area (Å²) in [4.78, 5) is 18.3. The maximum atomic E-state index is 13.6. The van der Waals surface area contributed by atoms with Crippen LogP contribution in [0, 0.1) is 5.82 Å². The predicted octanol–water partition coefficient (Wildman–Crippen LogP) is 7.13. The summed E-state index contributed by atoms with van der Waals surface area (Å²) >= 11 is 6.29. The van der Waals surface area contributed by atoms with Crippen LogP contribution in [0.15, 0.2) is 65.7 Å². The number of benzene rings is 3. The van der Waals surface area contributed by atoms with Crippen LogP contribution in [0.3, 0.4) is 0 Å². The maximum absolute atomic E-state index is 13.6. The number of halogens is 2. The number of hydrogen-bond donors (Lipinski definition) is 1. The molecule has 1 aliphatic heterocycles. The van der Waals surface area contributed by atoms with E-state index >= 15 is 0 Å². The number of carbonyl (C=O) groups excluding carboxylic acids is 1. The molecule has 1 unspecified atom stereocenters. The highest BCUT2D eigenvalue weighted by Crippen LogP contribution is 2.32. The highest BCUT2D eigenvalue weighted by molar-refractivity contribution is 6.32. The second-order valence-corrected chi connectivity index (χ2v) is 9.54. The van der Waals surface area contributed by atoms with Gasteiger partial charge < -0.3 is 5.32 Å². The van der Waals surface area contributed by atoms with E-state index in [1.807, 2.05) is 0 Å². The van der Waals surface area contributed by atoms with E-state index < -0.39 is 6.04 Å². The number of fused-ring (bicyclic) bond motifs is 1. The first-order valence-electron chi connectivity index (χ1n) is 11.3. The lowest BCUT2D eigenvalue weighted by Gasteiger charge is -2.22. The molecule has 33 heavy (non-hydrogen) atoms. The van der Waals surface area contributed by atoms with Gasteiger partial charge in [-0.1, -0.05) is 57.5 Å². The summed E-state index contributed by atoms with van der Waals surface area (Å²) < 4.78 is 13.6.